The summed E-state index contributed by atoms with van der Waals surface area (Å²) in [5.41, 5.74) is 6.21. The summed E-state index contributed by atoms with van der Waals surface area (Å²) in [6.45, 7) is 13.3. The fourth-order valence-corrected chi connectivity index (χ4v) is 2.56. The molecule has 2 nitrogen and oxygen atoms in total. The summed E-state index contributed by atoms with van der Waals surface area (Å²) in [6.07, 6.45) is 6.35. The molecule has 0 saturated heterocycles. The third-order valence-electron chi connectivity index (χ3n) is 3.92. The number of hydrogen-bond donors (Lipinski definition) is 1. The maximum Gasteiger partial charge on any atom is 0.0306 e. The van der Waals surface area contributed by atoms with E-state index in [0.29, 0.717) is 6.04 Å². The first-order chi connectivity index (χ1) is 7.55. The lowest BCUT2D eigenvalue weighted by molar-refractivity contribution is 0.0630. The number of likely N-dealkylation sites (N-methyl/N-ethyl adjacent to an activating group) is 1. The lowest BCUT2D eigenvalue weighted by Crippen LogP contribution is -2.55. The fraction of sp³-hybridized carbons (Fsp3) is 1.00. The van der Waals surface area contributed by atoms with Gasteiger partial charge in [0, 0.05) is 18.1 Å². The van der Waals surface area contributed by atoms with Crippen LogP contribution in [-0.2, 0) is 0 Å². The number of hydrogen-bond acceptors (Lipinski definition) is 2. The topological polar surface area (TPSA) is 29.3 Å². The van der Waals surface area contributed by atoms with Gasteiger partial charge in [-0.1, -0.05) is 40.0 Å². The maximum absolute atomic E-state index is 6.02. The lowest BCUT2D eigenvalue weighted by atomic mass is 9.90. The summed E-state index contributed by atoms with van der Waals surface area (Å²) in [5, 5.41) is 0. The highest BCUT2D eigenvalue weighted by atomic mass is 15.2. The van der Waals surface area contributed by atoms with Crippen LogP contribution in [0.25, 0.3) is 0 Å². The number of nitrogens with two attached hydrogens (primary N) is 1. The van der Waals surface area contributed by atoms with Crippen LogP contribution in [0, 0.1) is 0 Å². The number of nitrogens with zero attached hydrogens (tertiary/aromatic N) is 1. The Labute approximate surface area is 103 Å². The van der Waals surface area contributed by atoms with Gasteiger partial charge in [-0.25, -0.2) is 0 Å². The van der Waals surface area contributed by atoms with Crippen LogP contribution >= 0.6 is 0 Å². The molecule has 0 rings (SSSR count). The van der Waals surface area contributed by atoms with Crippen molar-refractivity contribution in [3.63, 3.8) is 0 Å². The summed E-state index contributed by atoms with van der Waals surface area (Å²) in [6, 6.07) is 0.639. The molecule has 0 fully saturated rings. The Hall–Kier alpha value is -0.0800. The van der Waals surface area contributed by atoms with E-state index in [1.165, 1.54) is 32.1 Å². The van der Waals surface area contributed by atoms with E-state index >= 15 is 0 Å². The monoisotopic (exact) mass is 228 g/mol. The molecule has 0 radical (unpaired) electrons. The quantitative estimate of drug-likeness (QED) is 0.613. The van der Waals surface area contributed by atoms with Crippen molar-refractivity contribution in [2.24, 2.45) is 5.73 Å². The highest BCUT2D eigenvalue weighted by molar-refractivity contribution is 4.89. The Morgan fingerprint density at radius 1 is 1.19 bits per heavy atom. The SMILES string of the molecule is CCCCCC(C)(CN)N(CC)C(C)CC. The van der Waals surface area contributed by atoms with Crippen LogP contribution in [-0.4, -0.2) is 29.6 Å². The molecular formula is C14H32N2. The molecule has 98 valence electrons. The summed E-state index contributed by atoms with van der Waals surface area (Å²) >= 11 is 0. The molecular weight excluding hydrogens is 196 g/mol. The molecule has 2 unspecified atom stereocenters. The number of unbranched alkanes of at least 4 members (excludes halogenated alkanes) is 2. The molecule has 2 atom stereocenters. The largest absolute Gasteiger partial charge is 0.329 e. The Balaban J connectivity index is 4.48. The smallest absolute Gasteiger partial charge is 0.0306 e. The minimum atomic E-state index is 0.194. The molecule has 2 heteroatoms. The van der Waals surface area contributed by atoms with E-state index in [-0.39, 0.29) is 5.54 Å². The predicted octanol–water partition coefficient (Wildman–Crippen LogP) is 3.40. The van der Waals surface area contributed by atoms with Gasteiger partial charge in [-0.05, 0) is 33.2 Å². The van der Waals surface area contributed by atoms with Crippen LogP contribution in [0.15, 0.2) is 0 Å². The fourth-order valence-electron chi connectivity index (χ4n) is 2.56. The van der Waals surface area contributed by atoms with Crippen molar-refractivity contribution in [3.8, 4) is 0 Å². The van der Waals surface area contributed by atoms with Crippen molar-refractivity contribution in [2.75, 3.05) is 13.1 Å². The Morgan fingerprint density at radius 2 is 1.81 bits per heavy atom. The molecule has 0 aliphatic carbocycles. The average Bonchev–Trinajstić information content (AvgIpc) is 2.30. The first-order valence-electron chi connectivity index (χ1n) is 7.02. The molecule has 0 amide bonds. The van der Waals surface area contributed by atoms with E-state index in [2.05, 4.69) is 39.5 Å². The van der Waals surface area contributed by atoms with Gasteiger partial charge in [0.2, 0.25) is 0 Å². The van der Waals surface area contributed by atoms with Gasteiger partial charge in [0.15, 0.2) is 0 Å². The van der Waals surface area contributed by atoms with Crippen molar-refractivity contribution >= 4 is 0 Å². The molecule has 0 aliphatic heterocycles. The van der Waals surface area contributed by atoms with Gasteiger partial charge < -0.3 is 5.73 Å². The molecule has 0 saturated carbocycles. The van der Waals surface area contributed by atoms with E-state index in [9.17, 15) is 0 Å². The van der Waals surface area contributed by atoms with Crippen LogP contribution < -0.4 is 5.73 Å². The van der Waals surface area contributed by atoms with Crippen LogP contribution in [0.5, 0.6) is 0 Å². The molecule has 0 aliphatic rings. The van der Waals surface area contributed by atoms with Crippen LogP contribution in [0.1, 0.15) is 66.7 Å². The normalized spacial score (nSPS) is 17.4. The summed E-state index contributed by atoms with van der Waals surface area (Å²) in [7, 11) is 0. The van der Waals surface area contributed by atoms with Crippen molar-refractivity contribution < 1.29 is 0 Å². The van der Waals surface area contributed by atoms with Crippen LogP contribution in [0.3, 0.4) is 0 Å². The van der Waals surface area contributed by atoms with Crippen LogP contribution in [0.4, 0.5) is 0 Å². The highest BCUT2D eigenvalue weighted by Gasteiger charge is 2.31. The predicted molar refractivity (Wildman–Crippen MR) is 73.7 cm³/mol. The van der Waals surface area contributed by atoms with Crippen molar-refractivity contribution in [3.05, 3.63) is 0 Å². The van der Waals surface area contributed by atoms with Crippen molar-refractivity contribution in [2.45, 2.75) is 78.3 Å². The summed E-state index contributed by atoms with van der Waals surface area (Å²) < 4.78 is 0. The van der Waals surface area contributed by atoms with Gasteiger partial charge in [-0.2, -0.15) is 0 Å². The highest BCUT2D eigenvalue weighted by Crippen LogP contribution is 2.24. The van der Waals surface area contributed by atoms with Gasteiger partial charge in [0.25, 0.3) is 0 Å². The second kappa shape index (κ2) is 8.08. The average molecular weight is 228 g/mol. The molecule has 0 spiro atoms. The van der Waals surface area contributed by atoms with E-state index < -0.39 is 0 Å². The maximum atomic E-state index is 6.02. The van der Waals surface area contributed by atoms with E-state index in [1.807, 2.05) is 0 Å². The van der Waals surface area contributed by atoms with Gasteiger partial charge >= 0.3 is 0 Å². The first-order valence-corrected chi connectivity index (χ1v) is 7.02. The van der Waals surface area contributed by atoms with Crippen molar-refractivity contribution in [1.82, 2.24) is 4.90 Å². The molecule has 2 N–H and O–H groups in total. The zero-order valence-corrected chi connectivity index (χ0v) is 12.1. The minimum Gasteiger partial charge on any atom is -0.329 e. The van der Waals surface area contributed by atoms with E-state index in [1.54, 1.807) is 0 Å². The van der Waals surface area contributed by atoms with Gasteiger partial charge in [0.1, 0.15) is 0 Å². The minimum absolute atomic E-state index is 0.194. The zero-order chi connectivity index (χ0) is 12.6. The lowest BCUT2D eigenvalue weighted by Gasteiger charge is -2.44. The number of rotatable bonds is 9. The molecule has 0 aromatic carbocycles. The standard InChI is InChI=1S/C14H32N2/c1-6-9-10-11-14(5,12-15)16(8-3)13(4)7-2/h13H,6-12,15H2,1-5H3. The summed E-state index contributed by atoms with van der Waals surface area (Å²) in [4.78, 5) is 2.59. The summed E-state index contributed by atoms with van der Waals surface area (Å²) in [5.74, 6) is 0. The third-order valence-corrected chi connectivity index (χ3v) is 3.92. The molecule has 16 heavy (non-hydrogen) atoms. The third kappa shape index (κ3) is 4.42. The zero-order valence-electron chi connectivity index (χ0n) is 12.1. The van der Waals surface area contributed by atoms with Gasteiger partial charge in [-0.3, -0.25) is 4.90 Å². The van der Waals surface area contributed by atoms with Gasteiger partial charge in [0.05, 0.1) is 0 Å². The molecule has 0 aromatic rings. The Kier molecular flexibility index (Phi) is 8.04. The Morgan fingerprint density at radius 3 is 2.19 bits per heavy atom. The van der Waals surface area contributed by atoms with E-state index in [4.69, 9.17) is 5.73 Å². The molecule has 0 bridgehead atoms. The van der Waals surface area contributed by atoms with Gasteiger partial charge in [-0.15, -0.1) is 0 Å². The second-order valence-corrected chi connectivity index (χ2v) is 5.20. The van der Waals surface area contributed by atoms with Crippen molar-refractivity contribution in [1.29, 1.82) is 0 Å². The Bertz CT molecular complexity index is 170. The van der Waals surface area contributed by atoms with Crippen LogP contribution in [0.2, 0.25) is 0 Å². The molecule has 0 aromatic heterocycles. The first kappa shape index (κ1) is 15.9. The molecule has 0 heterocycles. The second-order valence-electron chi connectivity index (χ2n) is 5.20. The van der Waals surface area contributed by atoms with E-state index in [0.717, 1.165) is 13.1 Å².